The summed E-state index contributed by atoms with van der Waals surface area (Å²) in [7, 11) is 1.52. The lowest BCUT2D eigenvalue weighted by Crippen LogP contribution is -2.29. The first-order chi connectivity index (χ1) is 8.49. The molecule has 1 aromatic rings. The maximum atomic E-state index is 10.8. The highest BCUT2D eigenvalue weighted by Gasteiger charge is 2.26. The van der Waals surface area contributed by atoms with Crippen molar-refractivity contribution in [3.05, 3.63) is 33.8 Å². The molecule has 0 aliphatic heterocycles. The molecule has 100 valence electrons. The smallest absolute Gasteiger partial charge is 0.404 e. The molecule has 1 aromatic carbocycles. The number of nitrogens with two attached hydrogens (primary N) is 1. The van der Waals surface area contributed by atoms with Gasteiger partial charge >= 0.3 is 6.09 Å². The number of halogens is 2. The lowest BCUT2D eigenvalue weighted by molar-refractivity contribution is -0.0226. The average Bonchev–Trinajstić information content (AvgIpc) is 2.30. The fourth-order valence-electron chi connectivity index (χ4n) is 1.72. The molecule has 0 heterocycles. The molecule has 0 radical (unpaired) electrons. The van der Waals surface area contributed by atoms with Crippen LogP contribution in [-0.4, -0.2) is 19.3 Å². The van der Waals surface area contributed by atoms with Gasteiger partial charge < -0.3 is 15.2 Å². The monoisotopic (exact) mass is 291 g/mol. The topological polar surface area (TPSA) is 61.5 Å². The lowest BCUT2D eigenvalue weighted by Gasteiger charge is -2.25. The van der Waals surface area contributed by atoms with Gasteiger partial charge in [0.05, 0.1) is 0 Å². The molecule has 2 N–H and O–H groups in total. The molecule has 0 aliphatic rings. The van der Waals surface area contributed by atoms with E-state index >= 15 is 0 Å². The molecule has 0 fully saturated rings. The largest absolute Gasteiger partial charge is 0.443 e. The molecule has 6 heteroatoms. The van der Waals surface area contributed by atoms with Crippen molar-refractivity contribution in [2.24, 2.45) is 5.73 Å². The van der Waals surface area contributed by atoms with Gasteiger partial charge in [0.2, 0.25) is 0 Å². The normalized spacial score (nSPS) is 14.0. The maximum absolute atomic E-state index is 10.8. The Morgan fingerprint density at radius 1 is 1.44 bits per heavy atom. The number of amides is 1. The highest BCUT2D eigenvalue weighted by atomic mass is 35.5. The van der Waals surface area contributed by atoms with Crippen molar-refractivity contribution >= 4 is 29.3 Å². The SMILES string of the molecule is CCC(OC(N)=O)[C@H](OC)c1ccc(Cl)cc1Cl. The van der Waals surface area contributed by atoms with Gasteiger partial charge in [0, 0.05) is 22.7 Å². The Labute approximate surface area is 116 Å². The molecular weight excluding hydrogens is 277 g/mol. The third kappa shape index (κ3) is 3.77. The molecule has 0 aromatic heterocycles. The zero-order chi connectivity index (χ0) is 13.7. The van der Waals surface area contributed by atoms with E-state index in [-0.39, 0.29) is 0 Å². The predicted molar refractivity (Wildman–Crippen MR) is 71.0 cm³/mol. The molecule has 0 saturated heterocycles. The Morgan fingerprint density at radius 3 is 2.56 bits per heavy atom. The first-order valence-electron chi connectivity index (χ1n) is 5.43. The van der Waals surface area contributed by atoms with Crippen LogP contribution in [0.1, 0.15) is 25.0 Å². The lowest BCUT2D eigenvalue weighted by atomic mass is 10.0. The molecular formula is C12H15Cl2NO3. The molecule has 18 heavy (non-hydrogen) atoms. The number of rotatable bonds is 5. The number of carbonyl (C=O) groups excluding carboxylic acids is 1. The minimum absolute atomic E-state index is 0.459. The predicted octanol–water partition coefficient (Wildman–Crippen LogP) is 3.55. The summed E-state index contributed by atoms with van der Waals surface area (Å²) in [5.74, 6) is 0. The van der Waals surface area contributed by atoms with Gasteiger partial charge in [-0.05, 0) is 18.6 Å². The van der Waals surface area contributed by atoms with Crippen LogP contribution in [0.5, 0.6) is 0 Å². The highest BCUT2D eigenvalue weighted by Crippen LogP contribution is 2.32. The van der Waals surface area contributed by atoms with E-state index in [1.54, 1.807) is 18.2 Å². The molecule has 1 unspecified atom stereocenters. The Hall–Kier alpha value is -0.970. The van der Waals surface area contributed by atoms with Crippen molar-refractivity contribution < 1.29 is 14.3 Å². The van der Waals surface area contributed by atoms with Crippen molar-refractivity contribution in [1.82, 2.24) is 0 Å². The van der Waals surface area contributed by atoms with E-state index < -0.39 is 18.3 Å². The fraction of sp³-hybridized carbons (Fsp3) is 0.417. The van der Waals surface area contributed by atoms with Gasteiger partial charge in [0.1, 0.15) is 12.2 Å². The molecule has 0 aliphatic carbocycles. The van der Waals surface area contributed by atoms with E-state index in [1.165, 1.54) is 7.11 Å². The fourth-order valence-corrected chi connectivity index (χ4v) is 2.24. The third-order valence-electron chi connectivity index (χ3n) is 2.53. The van der Waals surface area contributed by atoms with Gasteiger partial charge in [-0.2, -0.15) is 0 Å². The van der Waals surface area contributed by atoms with E-state index in [0.717, 1.165) is 0 Å². The summed E-state index contributed by atoms with van der Waals surface area (Å²) >= 11 is 11.9. The van der Waals surface area contributed by atoms with E-state index in [1.807, 2.05) is 6.92 Å². The van der Waals surface area contributed by atoms with Gasteiger partial charge in [-0.1, -0.05) is 36.2 Å². The average molecular weight is 292 g/mol. The summed E-state index contributed by atoms with van der Waals surface area (Å²) in [6, 6.07) is 5.05. The molecule has 0 spiro atoms. The van der Waals surface area contributed by atoms with E-state index in [2.05, 4.69) is 0 Å². The van der Waals surface area contributed by atoms with E-state index in [9.17, 15) is 4.79 Å². The maximum Gasteiger partial charge on any atom is 0.404 e. The van der Waals surface area contributed by atoms with Crippen molar-refractivity contribution in [3.8, 4) is 0 Å². The summed E-state index contributed by atoms with van der Waals surface area (Å²) in [5.41, 5.74) is 5.74. The van der Waals surface area contributed by atoms with E-state index in [0.29, 0.717) is 22.0 Å². The number of primary amides is 1. The molecule has 0 saturated carbocycles. The first-order valence-corrected chi connectivity index (χ1v) is 6.19. The summed E-state index contributed by atoms with van der Waals surface area (Å²) in [6.07, 6.45) is -1.26. The minimum atomic E-state index is -0.839. The summed E-state index contributed by atoms with van der Waals surface area (Å²) in [4.78, 5) is 10.8. The number of ether oxygens (including phenoxy) is 2. The van der Waals surface area contributed by atoms with Gasteiger partial charge in [0.15, 0.2) is 0 Å². The van der Waals surface area contributed by atoms with E-state index in [4.69, 9.17) is 38.4 Å². The van der Waals surface area contributed by atoms with Crippen LogP contribution in [-0.2, 0) is 9.47 Å². The second-order valence-electron chi connectivity index (χ2n) is 3.71. The summed E-state index contributed by atoms with van der Waals surface area (Å²) in [6.45, 7) is 1.86. The van der Waals surface area contributed by atoms with Crippen molar-refractivity contribution in [2.45, 2.75) is 25.6 Å². The quantitative estimate of drug-likeness (QED) is 0.902. The van der Waals surface area contributed by atoms with Crippen LogP contribution in [0, 0.1) is 0 Å². The van der Waals surface area contributed by atoms with Crippen molar-refractivity contribution in [3.63, 3.8) is 0 Å². The van der Waals surface area contributed by atoms with Crippen LogP contribution in [0.4, 0.5) is 4.79 Å². The van der Waals surface area contributed by atoms with Gasteiger partial charge in [-0.3, -0.25) is 0 Å². The minimum Gasteiger partial charge on any atom is -0.443 e. The zero-order valence-electron chi connectivity index (χ0n) is 10.2. The third-order valence-corrected chi connectivity index (χ3v) is 3.09. The summed E-state index contributed by atoms with van der Waals surface area (Å²) in [5, 5.41) is 0.989. The van der Waals surface area contributed by atoms with Crippen LogP contribution in [0.15, 0.2) is 18.2 Å². The second-order valence-corrected chi connectivity index (χ2v) is 4.55. The molecule has 1 amide bonds. The Morgan fingerprint density at radius 2 is 2.11 bits per heavy atom. The van der Waals surface area contributed by atoms with Gasteiger partial charge in [0.25, 0.3) is 0 Å². The second kappa shape index (κ2) is 6.83. The van der Waals surface area contributed by atoms with Gasteiger partial charge in [-0.15, -0.1) is 0 Å². The van der Waals surface area contributed by atoms with Crippen LogP contribution < -0.4 is 5.73 Å². The van der Waals surface area contributed by atoms with Crippen LogP contribution in [0.25, 0.3) is 0 Å². The molecule has 2 atom stereocenters. The molecule has 1 rings (SSSR count). The highest BCUT2D eigenvalue weighted by molar-refractivity contribution is 6.35. The van der Waals surface area contributed by atoms with Crippen molar-refractivity contribution in [2.75, 3.05) is 7.11 Å². The van der Waals surface area contributed by atoms with Crippen LogP contribution in [0.3, 0.4) is 0 Å². The summed E-state index contributed by atoms with van der Waals surface area (Å²) < 4.78 is 10.4. The number of benzene rings is 1. The standard InChI is InChI=1S/C12H15Cl2NO3/c1-3-10(18-12(15)16)11(17-2)8-5-4-7(13)6-9(8)14/h4-6,10-11H,3H2,1-2H3,(H2,15,16)/t10?,11-/m1/s1. The molecule has 0 bridgehead atoms. The molecule has 4 nitrogen and oxygen atoms in total. The van der Waals surface area contributed by atoms with Crippen molar-refractivity contribution in [1.29, 1.82) is 0 Å². The number of hydrogen-bond donors (Lipinski definition) is 1. The van der Waals surface area contributed by atoms with Gasteiger partial charge in [-0.25, -0.2) is 4.79 Å². The first kappa shape index (κ1) is 15.1. The number of carbonyl (C=O) groups is 1. The number of hydrogen-bond acceptors (Lipinski definition) is 3. The van der Waals surface area contributed by atoms with Crippen LogP contribution in [0.2, 0.25) is 10.0 Å². The zero-order valence-corrected chi connectivity index (χ0v) is 11.7. The Balaban J connectivity index is 3.03. The van der Waals surface area contributed by atoms with Crippen LogP contribution >= 0.6 is 23.2 Å². The Kier molecular flexibility index (Phi) is 5.72. The Bertz CT molecular complexity index is 426. The number of methoxy groups -OCH3 is 1.